The summed E-state index contributed by atoms with van der Waals surface area (Å²) in [6, 6.07) is 3.87. The van der Waals surface area contributed by atoms with Gasteiger partial charge in [0.2, 0.25) is 0 Å². The van der Waals surface area contributed by atoms with Gasteiger partial charge in [-0.25, -0.2) is 0 Å². The number of hydrogen-bond donors (Lipinski definition) is 3. The molecule has 8 heteroatoms. The number of anilines is 1. The number of nitrogens with two attached hydrogens (primary N) is 1. The van der Waals surface area contributed by atoms with E-state index >= 15 is 0 Å². The van der Waals surface area contributed by atoms with Crippen molar-refractivity contribution >= 4 is 23.3 Å². The molecule has 0 aliphatic carbocycles. The topological polar surface area (TPSA) is 136 Å². The Morgan fingerprint density at radius 3 is 2.62 bits per heavy atom. The third-order valence-corrected chi connectivity index (χ3v) is 2.84. The number of rotatable bonds is 8. The van der Waals surface area contributed by atoms with Gasteiger partial charge in [0, 0.05) is 24.6 Å². The molecule has 0 saturated heterocycles. The first-order chi connectivity index (χ1) is 9.91. The zero-order valence-electron chi connectivity index (χ0n) is 11.4. The zero-order chi connectivity index (χ0) is 15.8. The van der Waals surface area contributed by atoms with Crippen molar-refractivity contribution in [1.29, 1.82) is 0 Å². The lowest BCUT2D eigenvalue weighted by molar-refractivity contribution is -0.383. The third-order valence-electron chi connectivity index (χ3n) is 2.84. The summed E-state index contributed by atoms with van der Waals surface area (Å²) in [5.41, 5.74) is 5.32. The van der Waals surface area contributed by atoms with Crippen LogP contribution in [0.3, 0.4) is 0 Å². The van der Waals surface area contributed by atoms with Crippen molar-refractivity contribution in [2.45, 2.75) is 25.7 Å². The Hall–Kier alpha value is -2.64. The molecule has 1 amide bonds. The number of carboxylic acids is 1. The normalized spacial score (nSPS) is 10.1. The van der Waals surface area contributed by atoms with Crippen molar-refractivity contribution in [3.8, 4) is 0 Å². The number of amides is 1. The summed E-state index contributed by atoms with van der Waals surface area (Å²) in [6.07, 6.45) is 2.00. The molecule has 114 valence electrons. The van der Waals surface area contributed by atoms with E-state index in [4.69, 9.17) is 10.8 Å². The number of carbonyl (C=O) groups excluding carboxylic acids is 1. The van der Waals surface area contributed by atoms with Crippen LogP contribution in [0.25, 0.3) is 0 Å². The van der Waals surface area contributed by atoms with E-state index in [1.807, 2.05) is 0 Å². The Labute approximate surface area is 121 Å². The third kappa shape index (κ3) is 5.47. The van der Waals surface area contributed by atoms with Gasteiger partial charge in [-0.2, -0.15) is 0 Å². The fraction of sp³-hybridized carbons (Fsp3) is 0.385. The van der Waals surface area contributed by atoms with Crippen LogP contribution >= 0.6 is 0 Å². The summed E-state index contributed by atoms with van der Waals surface area (Å²) >= 11 is 0. The minimum absolute atomic E-state index is 0.00483. The average Bonchev–Trinajstić information content (AvgIpc) is 2.42. The van der Waals surface area contributed by atoms with Gasteiger partial charge in [0.05, 0.1) is 4.92 Å². The summed E-state index contributed by atoms with van der Waals surface area (Å²) in [5.74, 6) is -1.26. The highest BCUT2D eigenvalue weighted by molar-refractivity contribution is 5.95. The molecular formula is C13H17N3O5. The SMILES string of the molecule is Nc1ccc(C(=O)NCCCCCC(=O)O)cc1[N+](=O)[O-]. The molecule has 21 heavy (non-hydrogen) atoms. The Morgan fingerprint density at radius 2 is 2.00 bits per heavy atom. The molecular weight excluding hydrogens is 278 g/mol. The second-order valence-corrected chi connectivity index (χ2v) is 4.49. The van der Waals surface area contributed by atoms with Gasteiger partial charge >= 0.3 is 5.97 Å². The van der Waals surface area contributed by atoms with Gasteiger partial charge in [0.25, 0.3) is 11.6 Å². The average molecular weight is 295 g/mol. The van der Waals surface area contributed by atoms with Gasteiger partial charge in [-0.1, -0.05) is 6.42 Å². The first-order valence-corrected chi connectivity index (χ1v) is 6.45. The fourth-order valence-corrected chi connectivity index (χ4v) is 1.73. The van der Waals surface area contributed by atoms with Crippen molar-refractivity contribution in [1.82, 2.24) is 5.32 Å². The number of carbonyl (C=O) groups is 2. The summed E-state index contributed by atoms with van der Waals surface area (Å²) in [6.45, 7) is 0.386. The summed E-state index contributed by atoms with van der Waals surface area (Å²) in [5, 5.41) is 21.8. The molecule has 1 aromatic rings. The molecule has 8 nitrogen and oxygen atoms in total. The number of nitrogens with one attached hydrogen (secondary N) is 1. The van der Waals surface area contributed by atoms with Crippen LogP contribution in [0.1, 0.15) is 36.0 Å². The molecule has 1 rings (SSSR count). The first kappa shape index (κ1) is 16.4. The molecule has 0 radical (unpaired) electrons. The zero-order valence-corrected chi connectivity index (χ0v) is 11.4. The van der Waals surface area contributed by atoms with Gasteiger partial charge in [-0.3, -0.25) is 19.7 Å². The number of nitro groups is 1. The quantitative estimate of drug-likeness (QED) is 0.288. The van der Waals surface area contributed by atoms with Crippen molar-refractivity contribution < 1.29 is 19.6 Å². The number of nitrogen functional groups attached to an aromatic ring is 1. The second-order valence-electron chi connectivity index (χ2n) is 4.49. The highest BCUT2D eigenvalue weighted by Gasteiger charge is 2.15. The van der Waals surface area contributed by atoms with Crippen LogP contribution in [0.5, 0.6) is 0 Å². The summed E-state index contributed by atoms with van der Waals surface area (Å²) < 4.78 is 0. The highest BCUT2D eigenvalue weighted by Crippen LogP contribution is 2.22. The van der Waals surface area contributed by atoms with Gasteiger partial charge in [-0.15, -0.1) is 0 Å². The van der Waals surface area contributed by atoms with Crippen molar-refractivity contribution in [2.75, 3.05) is 12.3 Å². The molecule has 0 aromatic heterocycles. The number of unbranched alkanes of at least 4 members (excludes halogenated alkanes) is 2. The van der Waals surface area contributed by atoms with Crippen LogP contribution in [0.4, 0.5) is 11.4 Å². The first-order valence-electron chi connectivity index (χ1n) is 6.45. The van der Waals surface area contributed by atoms with Gasteiger partial charge in [-0.05, 0) is 25.0 Å². The standard InChI is InChI=1S/C13H17N3O5/c14-10-6-5-9(8-11(10)16(20)21)13(19)15-7-3-1-2-4-12(17)18/h5-6,8H,1-4,7,14H2,(H,15,19)(H,17,18). The lowest BCUT2D eigenvalue weighted by Gasteiger charge is -2.05. The van der Waals surface area contributed by atoms with Crippen molar-refractivity contribution in [3.05, 3.63) is 33.9 Å². The molecule has 0 aliphatic rings. The van der Waals surface area contributed by atoms with Crippen LogP contribution < -0.4 is 11.1 Å². The predicted octanol–water partition coefficient (Wildman–Crippen LogP) is 1.55. The van der Waals surface area contributed by atoms with E-state index in [1.54, 1.807) is 0 Å². The van der Waals surface area contributed by atoms with E-state index < -0.39 is 16.8 Å². The number of hydrogen-bond acceptors (Lipinski definition) is 5. The number of nitro benzene ring substituents is 1. The monoisotopic (exact) mass is 295 g/mol. The Balaban J connectivity index is 2.44. The Morgan fingerprint density at radius 1 is 1.29 bits per heavy atom. The number of nitrogens with zero attached hydrogens (tertiary/aromatic N) is 1. The highest BCUT2D eigenvalue weighted by atomic mass is 16.6. The van der Waals surface area contributed by atoms with Crippen LogP contribution in [-0.2, 0) is 4.79 Å². The summed E-state index contributed by atoms with van der Waals surface area (Å²) in [7, 11) is 0. The molecule has 0 heterocycles. The molecule has 1 aromatic carbocycles. The molecule has 0 aliphatic heterocycles. The lowest BCUT2D eigenvalue weighted by atomic mass is 10.1. The largest absolute Gasteiger partial charge is 0.481 e. The van der Waals surface area contributed by atoms with Gasteiger partial charge < -0.3 is 16.2 Å². The summed E-state index contributed by atoms with van der Waals surface area (Å²) in [4.78, 5) is 32.2. The van der Waals surface area contributed by atoms with Crippen LogP contribution in [-0.4, -0.2) is 28.5 Å². The molecule has 0 bridgehead atoms. The molecule has 0 fully saturated rings. The second kappa shape index (κ2) is 7.83. The van der Waals surface area contributed by atoms with E-state index in [0.717, 1.165) is 6.07 Å². The fourth-order valence-electron chi connectivity index (χ4n) is 1.73. The minimum atomic E-state index is -0.840. The van der Waals surface area contributed by atoms with Crippen LogP contribution in [0, 0.1) is 10.1 Å². The van der Waals surface area contributed by atoms with E-state index in [-0.39, 0.29) is 23.4 Å². The number of aliphatic carboxylic acids is 1. The minimum Gasteiger partial charge on any atom is -0.481 e. The van der Waals surface area contributed by atoms with E-state index in [9.17, 15) is 19.7 Å². The maximum Gasteiger partial charge on any atom is 0.303 e. The molecule has 0 unspecified atom stereocenters. The Bertz CT molecular complexity index is 545. The molecule has 0 saturated carbocycles. The smallest absolute Gasteiger partial charge is 0.303 e. The van der Waals surface area contributed by atoms with Gasteiger partial charge in [0.1, 0.15) is 5.69 Å². The van der Waals surface area contributed by atoms with E-state index in [1.165, 1.54) is 12.1 Å². The molecule has 0 spiro atoms. The predicted molar refractivity (Wildman–Crippen MR) is 75.9 cm³/mol. The van der Waals surface area contributed by atoms with Crippen molar-refractivity contribution in [3.63, 3.8) is 0 Å². The lowest BCUT2D eigenvalue weighted by Crippen LogP contribution is -2.24. The molecule has 0 atom stereocenters. The van der Waals surface area contributed by atoms with Crippen LogP contribution in [0.2, 0.25) is 0 Å². The van der Waals surface area contributed by atoms with Gasteiger partial charge in [0.15, 0.2) is 0 Å². The number of benzene rings is 1. The van der Waals surface area contributed by atoms with Crippen LogP contribution in [0.15, 0.2) is 18.2 Å². The Kier molecular flexibility index (Phi) is 6.12. The van der Waals surface area contributed by atoms with Crippen molar-refractivity contribution in [2.24, 2.45) is 0 Å². The maximum absolute atomic E-state index is 11.8. The molecule has 4 N–H and O–H groups in total. The maximum atomic E-state index is 11.8. The number of carboxylic acid groups (broad SMARTS) is 1. The van der Waals surface area contributed by atoms with E-state index in [0.29, 0.717) is 25.8 Å². The van der Waals surface area contributed by atoms with E-state index in [2.05, 4.69) is 5.32 Å².